The molecule has 0 radical (unpaired) electrons. The van der Waals surface area contributed by atoms with Gasteiger partial charge in [0, 0.05) is 12.6 Å². The van der Waals surface area contributed by atoms with Gasteiger partial charge in [0.05, 0.1) is 0 Å². The molecule has 0 fully saturated rings. The zero-order valence-corrected chi connectivity index (χ0v) is 6.94. The fourth-order valence-corrected chi connectivity index (χ4v) is 0.887. The molecule has 0 atom stereocenters. The van der Waals surface area contributed by atoms with Gasteiger partial charge < -0.3 is 17.9 Å². The number of rotatable bonds is 1. The largest absolute Gasteiger partial charge is 0.780 e. The summed E-state index contributed by atoms with van der Waals surface area (Å²) in [6, 6.07) is 6.89. The third-order valence-corrected chi connectivity index (χ3v) is 1.62. The Kier molecular flexibility index (Phi) is 2.44. The summed E-state index contributed by atoms with van der Waals surface area (Å²) in [4.78, 5) is 11.7. The Hall–Kier alpha value is -1.09. The van der Waals surface area contributed by atoms with Gasteiger partial charge in [-0.2, -0.15) is 4.90 Å². The first-order valence-electron chi connectivity index (χ1n) is 3.23. The molecule has 0 spiro atoms. The first-order chi connectivity index (χ1) is 5.24. The molecule has 0 aliphatic rings. The predicted octanol–water partition coefficient (Wildman–Crippen LogP) is 0.952. The summed E-state index contributed by atoms with van der Waals surface area (Å²) in [7, 11) is 1.60. The van der Waals surface area contributed by atoms with Crippen molar-refractivity contribution in [1.29, 1.82) is 0 Å². The minimum Gasteiger partial charge on any atom is -0.780 e. The Morgan fingerprint density at radius 3 is 2.36 bits per heavy atom. The van der Waals surface area contributed by atoms with Crippen LogP contribution in [-0.4, -0.2) is 13.0 Å². The highest BCUT2D eigenvalue weighted by Crippen LogP contribution is 2.02. The normalized spacial score (nSPS) is 9.18. The van der Waals surface area contributed by atoms with E-state index < -0.39 is 0 Å². The smallest absolute Gasteiger partial charge is 0.251 e. The molecule has 58 valence electrons. The fourth-order valence-electron chi connectivity index (χ4n) is 0.751. The predicted molar refractivity (Wildman–Crippen MR) is 45.5 cm³/mol. The van der Waals surface area contributed by atoms with Crippen LogP contribution in [0.5, 0.6) is 0 Å². The number of hydrogen-bond acceptors (Lipinski definition) is 2. The van der Waals surface area contributed by atoms with Crippen molar-refractivity contribution in [2.75, 3.05) is 7.05 Å². The van der Waals surface area contributed by atoms with Gasteiger partial charge in [0.2, 0.25) is 0 Å². The minimum absolute atomic E-state index is 0.0833. The van der Waals surface area contributed by atoms with E-state index in [0.29, 0.717) is 5.56 Å². The molecule has 1 aromatic rings. The van der Waals surface area contributed by atoms with Crippen molar-refractivity contribution < 1.29 is 4.79 Å². The Morgan fingerprint density at radius 2 is 1.91 bits per heavy atom. The molecule has 11 heavy (non-hydrogen) atoms. The topological polar surface area (TPSA) is 29.1 Å². The lowest BCUT2D eigenvalue weighted by Crippen LogP contribution is -2.17. The van der Waals surface area contributed by atoms with Crippen LogP contribution in [-0.2, 0) is 12.6 Å². The van der Waals surface area contributed by atoms with Crippen LogP contribution in [0.3, 0.4) is 0 Å². The van der Waals surface area contributed by atoms with E-state index in [0.717, 1.165) is 4.90 Å². The highest BCUT2D eigenvalue weighted by molar-refractivity contribution is 7.58. The van der Waals surface area contributed by atoms with Crippen LogP contribution in [0.4, 0.5) is 0 Å². The lowest BCUT2D eigenvalue weighted by Gasteiger charge is -2.04. The maximum absolute atomic E-state index is 11.0. The second-order valence-corrected chi connectivity index (χ2v) is 2.57. The number of carbonyl (C=O) groups excluding carboxylic acids is 1. The molecule has 1 amide bonds. The second kappa shape index (κ2) is 3.34. The van der Waals surface area contributed by atoms with Gasteiger partial charge in [-0.05, 0) is 0 Å². The van der Waals surface area contributed by atoms with Crippen LogP contribution in [0, 0.1) is 0 Å². The molecule has 0 bridgehead atoms. The summed E-state index contributed by atoms with van der Waals surface area (Å²) < 4.78 is 0. The van der Waals surface area contributed by atoms with Gasteiger partial charge >= 0.3 is 0 Å². The lowest BCUT2D eigenvalue weighted by molar-refractivity contribution is 0.0963. The number of carbonyl (C=O) groups is 1. The van der Waals surface area contributed by atoms with Crippen molar-refractivity contribution in [2.45, 2.75) is 4.90 Å². The van der Waals surface area contributed by atoms with E-state index in [1.54, 1.807) is 31.3 Å². The number of hydrogen-bond donors (Lipinski definition) is 1. The summed E-state index contributed by atoms with van der Waals surface area (Å²) in [6.07, 6.45) is 0. The Morgan fingerprint density at radius 1 is 1.36 bits per heavy atom. The molecular formula is C8H8NOS-. The van der Waals surface area contributed by atoms with Crippen molar-refractivity contribution >= 4 is 18.5 Å². The molecule has 0 heterocycles. The summed E-state index contributed by atoms with van der Waals surface area (Å²) in [5, 5.41) is 2.53. The Balaban J connectivity index is 2.90. The molecule has 2 nitrogen and oxygen atoms in total. The molecule has 1 aromatic carbocycles. The molecule has 0 aromatic heterocycles. The third-order valence-electron chi connectivity index (χ3n) is 1.34. The van der Waals surface area contributed by atoms with Crippen molar-refractivity contribution in [3.05, 3.63) is 29.8 Å². The van der Waals surface area contributed by atoms with Gasteiger partial charge in [-0.3, -0.25) is 4.79 Å². The van der Waals surface area contributed by atoms with Crippen LogP contribution in [0.25, 0.3) is 0 Å². The van der Waals surface area contributed by atoms with E-state index in [9.17, 15) is 4.79 Å². The molecule has 0 aliphatic heterocycles. The van der Waals surface area contributed by atoms with E-state index in [-0.39, 0.29) is 5.91 Å². The number of amides is 1. The summed E-state index contributed by atoms with van der Waals surface area (Å²) >= 11 is 4.86. The quantitative estimate of drug-likeness (QED) is 0.629. The second-order valence-electron chi connectivity index (χ2n) is 2.10. The van der Waals surface area contributed by atoms with Gasteiger partial charge in [-0.1, -0.05) is 24.3 Å². The van der Waals surface area contributed by atoms with Gasteiger partial charge in [-0.25, -0.2) is 0 Å². The highest BCUT2D eigenvalue weighted by atomic mass is 32.1. The molecular weight excluding hydrogens is 158 g/mol. The summed E-state index contributed by atoms with van der Waals surface area (Å²) in [6.45, 7) is 0. The average molecular weight is 166 g/mol. The molecule has 0 unspecified atom stereocenters. The fraction of sp³-hybridized carbons (Fsp3) is 0.125. The Labute approximate surface area is 71.0 Å². The monoisotopic (exact) mass is 166 g/mol. The first-order valence-corrected chi connectivity index (χ1v) is 3.64. The SMILES string of the molecule is CNC(=O)c1ccc([S-])cc1. The minimum atomic E-state index is -0.0833. The molecule has 0 aliphatic carbocycles. The van der Waals surface area contributed by atoms with E-state index in [1.807, 2.05) is 0 Å². The third kappa shape index (κ3) is 1.91. The summed E-state index contributed by atoms with van der Waals surface area (Å²) in [5.74, 6) is -0.0833. The van der Waals surface area contributed by atoms with Crippen LogP contribution in [0.2, 0.25) is 0 Å². The van der Waals surface area contributed by atoms with Crippen molar-refractivity contribution in [2.24, 2.45) is 0 Å². The first kappa shape index (κ1) is 8.01. The zero-order valence-electron chi connectivity index (χ0n) is 6.13. The Bertz CT molecular complexity index is 255. The van der Waals surface area contributed by atoms with Crippen molar-refractivity contribution in [1.82, 2.24) is 5.32 Å². The van der Waals surface area contributed by atoms with Crippen molar-refractivity contribution in [3.8, 4) is 0 Å². The number of benzene rings is 1. The molecule has 1 rings (SSSR count). The van der Waals surface area contributed by atoms with Crippen molar-refractivity contribution in [3.63, 3.8) is 0 Å². The standard InChI is InChI=1S/C8H9NOS/c1-9-8(10)6-2-4-7(11)5-3-6/h2-5,11H,1H3,(H,9,10)/p-1. The van der Waals surface area contributed by atoms with Gasteiger partial charge in [0.1, 0.15) is 0 Å². The maximum atomic E-state index is 11.0. The van der Waals surface area contributed by atoms with Crippen LogP contribution < -0.4 is 5.32 Å². The zero-order chi connectivity index (χ0) is 8.27. The van der Waals surface area contributed by atoms with Crippen LogP contribution >= 0.6 is 0 Å². The highest BCUT2D eigenvalue weighted by Gasteiger charge is 1.98. The molecule has 1 N–H and O–H groups in total. The maximum Gasteiger partial charge on any atom is 0.251 e. The average Bonchev–Trinajstić information content (AvgIpc) is 2.05. The molecule has 3 heteroatoms. The summed E-state index contributed by atoms with van der Waals surface area (Å²) in [5.41, 5.74) is 0.640. The molecule has 0 saturated carbocycles. The number of nitrogens with one attached hydrogen (secondary N) is 1. The van der Waals surface area contributed by atoms with Crippen LogP contribution in [0.1, 0.15) is 10.4 Å². The van der Waals surface area contributed by atoms with E-state index >= 15 is 0 Å². The molecule has 0 saturated heterocycles. The van der Waals surface area contributed by atoms with E-state index in [4.69, 9.17) is 12.6 Å². The van der Waals surface area contributed by atoms with Crippen LogP contribution in [0.15, 0.2) is 29.2 Å². The lowest BCUT2D eigenvalue weighted by atomic mass is 10.2. The van der Waals surface area contributed by atoms with E-state index in [1.165, 1.54) is 0 Å². The van der Waals surface area contributed by atoms with Gasteiger partial charge in [0.15, 0.2) is 0 Å². The van der Waals surface area contributed by atoms with Gasteiger partial charge in [0.25, 0.3) is 5.91 Å². The van der Waals surface area contributed by atoms with E-state index in [2.05, 4.69) is 5.32 Å². The van der Waals surface area contributed by atoms with Gasteiger partial charge in [-0.15, -0.1) is 0 Å².